The Hall–Kier alpha value is -1.94. The summed E-state index contributed by atoms with van der Waals surface area (Å²) < 4.78 is 47.2. The van der Waals surface area contributed by atoms with Crippen LogP contribution in [0.2, 0.25) is 0 Å². The number of carbonyl (C=O) groups excluding carboxylic acids is 1. The van der Waals surface area contributed by atoms with Gasteiger partial charge in [0.05, 0.1) is 11.4 Å². The first-order valence-corrected chi connectivity index (χ1v) is 8.60. The molecule has 1 saturated heterocycles. The van der Waals surface area contributed by atoms with E-state index < -0.39 is 18.2 Å². The van der Waals surface area contributed by atoms with Gasteiger partial charge in [0.2, 0.25) is 5.82 Å². The van der Waals surface area contributed by atoms with Crippen LogP contribution >= 0.6 is 11.3 Å². The van der Waals surface area contributed by atoms with Gasteiger partial charge in [-0.25, -0.2) is 0 Å². The lowest BCUT2D eigenvalue weighted by Gasteiger charge is -2.23. The second kappa shape index (κ2) is 7.12. The lowest BCUT2D eigenvalue weighted by Crippen LogP contribution is -2.38. The Morgan fingerprint density at radius 2 is 2.24 bits per heavy atom. The predicted octanol–water partition coefficient (Wildman–Crippen LogP) is 3.34. The zero-order chi connectivity index (χ0) is 18.0. The highest BCUT2D eigenvalue weighted by Gasteiger charge is 2.38. The van der Waals surface area contributed by atoms with Crippen LogP contribution in [0.15, 0.2) is 16.7 Å². The number of alkyl halides is 3. The lowest BCUT2D eigenvalue weighted by atomic mass is 10.2. The maximum absolute atomic E-state index is 12.5. The number of carbonyl (C=O) groups is 1. The van der Waals surface area contributed by atoms with Crippen LogP contribution in [0.5, 0.6) is 0 Å². The third kappa shape index (κ3) is 4.01. The number of aromatic nitrogens is 2. The average molecular weight is 375 g/mol. The Kier molecular flexibility index (Phi) is 5.09. The summed E-state index contributed by atoms with van der Waals surface area (Å²) in [5, 5.41) is 3.37. The summed E-state index contributed by atoms with van der Waals surface area (Å²) in [6, 6.07) is 3.37. The molecule has 1 unspecified atom stereocenters. The molecule has 10 heteroatoms. The van der Waals surface area contributed by atoms with Gasteiger partial charge in [0, 0.05) is 18.0 Å². The van der Waals surface area contributed by atoms with Gasteiger partial charge >= 0.3 is 12.1 Å². The van der Waals surface area contributed by atoms with Crippen molar-refractivity contribution in [1.82, 2.24) is 15.0 Å². The van der Waals surface area contributed by atoms with Crippen LogP contribution in [0.3, 0.4) is 0 Å². The van der Waals surface area contributed by atoms with Crippen molar-refractivity contribution in [3.63, 3.8) is 0 Å². The summed E-state index contributed by atoms with van der Waals surface area (Å²) in [4.78, 5) is 18.7. The van der Waals surface area contributed by atoms with E-state index in [1.165, 1.54) is 11.3 Å². The first-order valence-electron chi connectivity index (χ1n) is 7.79. The topological polar surface area (TPSA) is 68.5 Å². The summed E-state index contributed by atoms with van der Waals surface area (Å²) in [5.74, 6) is -1.55. The zero-order valence-corrected chi connectivity index (χ0v) is 14.2. The Balaban J connectivity index is 1.70. The van der Waals surface area contributed by atoms with Crippen molar-refractivity contribution in [3.05, 3.63) is 22.9 Å². The van der Waals surface area contributed by atoms with Gasteiger partial charge in [0.25, 0.3) is 5.91 Å². The van der Waals surface area contributed by atoms with Crippen LogP contribution in [-0.4, -0.2) is 40.2 Å². The van der Waals surface area contributed by atoms with Crippen molar-refractivity contribution in [2.75, 3.05) is 13.2 Å². The Morgan fingerprint density at radius 3 is 2.84 bits per heavy atom. The highest BCUT2D eigenvalue weighted by atomic mass is 32.1. The molecule has 1 amide bonds. The molecule has 0 radical (unpaired) electrons. The van der Waals surface area contributed by atoms with Gasteiger partial charge in [-0.1, -0.05) is 5.16 Å². The number of ether oxygens (including phenoxy) is 1. The molecule has 0 spiro atoms. The Bertz CT molecular complexity index is 738. The number of thiophene rings is 1. The van der Waals surface area contributed by atoms with Crippen molar-refractivity contribution >= 4 is 17.2 Å². The number of hydrogen-bond donors (Lipinski definition) is 0. The summed E-state index contributed by atoms with van der Waals surface area (Å²) in [5.41, 5.74) is 0. The fraction of sp³-hybridized carbons (Fsp3) is 0.533. The number of nitrogens with zero attached hydrogens (tertiary/aromatic N) is 3. The molecule has 1 fully saturated rings. The van der Waals surface area contributed by atoms with Gasteiger partial charge in [0.15, 0.2) is 0 Å². The molecule has 0 saturated carbocycles. The first kappa shape index (κ1) is 17.9. The number of rotatable bonds is 5. The highest BCUT2D eigenvalue weighted by molar-refractivity contribution is 7.15. The zero-order valence-electron chi connectivity index (χ0n) is 13.4. The van der Waals surface area contributed by atoms with Crippen molar-refractivity contribution in [1.29, 1.82) is 0 Å². The summed E-state index contributed by atoms with van der Waals surface area (Å²) in [7, 11) is 0. The van der Waals surface area contributed by atoms with Crippen LogP contribution in [0.1, 0.15) is 30.5 Å². The van der Waals surface area contributed by atoms with Gasteiger partial charge in [-0.05, 0) is 31.9 Å². The van der Waals surface area contributed by atoms with E-state index in [-0.39, 0.29) is 11.7 Å². The Morgan fingerprint density at radius 1 is 1.44 bits per heavy atom. The lowest BCUT2D eigenvalue weighted by molar-refractivity contribution is -0.159. The minimum atomic E-state index is -4.67. The molecule has 3 rings (SSSR count). The molecule has 1 aliphatic rings. The van der Waals surface area contributed by atoms with Gasteiger partial charge in [-0.2, -0.15) is 18.2 Å². The van der Waals surface area contributed by atoms with Crippen LogP contribution < -0.4 is 0 Å². The molecule has 0 N–H and O–H groups in total. The van der Waals surface area contributed by atoms with E-state index in [0.29, 0.717) is 31.0 Å². The molecule has 3 heterocycles. The molecule has 25 heavy (non-hydrogen) atoms. The molecule has 2 aromatic rings. The molecule has 6 nitrogen and oxygen atoms in total. The van der Waals surface area contributed by atoms with E-state index >= 15 is 0 Å². The summed E-state index contributed by atoms with van der Waals surface area (Å²) in [6.07, 6.45) is -3.48. The fourth-order valence-corrected chi connectivity index (χ4v) is 3.48. The van der Waals surface area contributed by atoms with Gasteiger partial charge in [-0.3, -0.25) is 4.79 Å². The van der Waals surface area contributed by atoms with Crippen LogP contribution in [0.4, 0.5) is 13.2 Å². The van der Waals surface area contributed by atoms with Crippen LogP contribution in [0.25, 0.3) is 10.7 Å². The third-order valence-corrected chi connectivity index (χ3v) is 4.86. The van der Waals surface area contributed by atoms with E-state index in [1.807, 2.05) is 6.92 Å². The molecule has 136 valence electrons. The van der Waals surface area contributed by atoms with Crippen molar-refractivity contribution in [3.8, 4) is 10.7 Å². The smallest absolute Gasteiger partial charge is 0.368 e. The van der Waals surface area contributed by atoms with E-state index in [1.54, 1.807) is 17.0 Å². The monoisotopic (exact) mass is 375 g/mol. The molecule has 0 aromatic carbocycles. The highest BCUT2D eigenvalue weighted by Crippen LogP contribution is 2.32. The number of hydrogen-bond acceptors (Lipinski definition) is 6. The summed E-state index contributed by atoms with van der Waals surface area (Å²) >= 11 is 1.23. The molecule has 2 aromatic heterocycles. The van der Waals surface area contributed by atoms with E-state index in [4.69, 9.17) is 4.74 Å². The maximum atomic E-state index is 12.5. The summed E-state index contributed by atoms with van der Waals surface area (Å²) in [6.45, 7) is 3.35. The van der Waals surface area contributed by atoms with E-state index in [9.17, 15) is 18.0 Å². The minimum absolute atomic E-state index is 0.0612. The number of amides is 1. The predicted molar refractivity (Wildman–Crippen MR) is 82.7 cm³/mol. The molecular formula is C15H16F3N3O3S. The van der Waals surface area contributed by atoms with Gasteiger partial charge < -0.3 is 14.2 Å². The third-order valence-electron chi connectivity index (χ3n) is 3.80. The average Bonchev–Trinajstić information content (AvgIpc) is 3.32. The second-order valence-electron chi connectivity index (χ2n) is 5.54. The SMILES string of the molecule is CCN(Cc1ccc(-c2noc(C(F)(F)F)n2)s1)C(=O)C1CCCO1. The van der Waals surface area contributed by atoms with Crippen LogP contribution in [-0.2, 0) is 22.3 Å². The minimum Gasteiger partial charge on any atom is -0.368 e. The quantitative estimate of drug-likeness (QED) is 0.802. The van der Waals surface area contributed by atoms with Crippen molar-refractivity contribution < 1.29 is 27.2 Å². The van der Waals surface area contributed by atoms with Crippen molar-refractivity contribution in [2.24, 2.45) is 0 Å². The second-order valence-corrected chi connectivity index (χ2v) is 6.71. The number of likely N-dealkylation sites (N-methyl/N-ethyl adjacent to an activating group) is 1. The standard InChI is InChI=1S/C15H16F3N3O3S/c1-2-21(13(22)10-4-3-7-23-10)8-9-5-6-11(25-9)12-19-14(24-20-12)15(16,17)18/h5-6,10H,2-4,7-8H2,1H3. The molecule has 0 aliphatic carbocycles. The fourth-order valence-electron chi connectivity index (χ4n) is 2.53. The van der Waals surface area contributed by atoms with E-state index in [2.05, 4.69) is 14.7 Å². The van der Waals surface area contributed by atoms with Crippen LogP contribution in [0, 0.1) is 0 Å². The molecule has 0 bridgehead atoms. The van der Waals surface area contributed by atoms with Gasteiger partial charge in [0.1, 0.15) is 6.10 Å². The molecule has 1 atom stereocenters. The molecule has 1 aliphatic heterocycles. The number of halogens is 3. The van der Waals surface area contributed by atoms with Gasteiger partial charge in [-0.15, -0.1) is 11.3 Å². The normalized spacial score (nSPS) is 17.8. The largest absolute Gasteiger partial charge is 0.471 e. The molecular weight excluding hydrogens is 359 g/mol. The maximum Gasteiger partial charge on any atom is 0.471 e. The van der Waals surface area contributed by atoms with E-state index in [0.717, 1.165) is 11.3 Å². The first-order chi connectivity index (χ1) is 11.9. The van der Waals surface area contributed by atoms with Crippen molar-refractivity contribution in [2.45, 2.75) is 38.6 Å². The Labute approximate surface area is 145 Å².